The van der Waals surface area contributed by atoms with Gasteiger partial charge >= 0.3 is 0 Å². The maximum atomic E-state index is 12.9. The van der Waals surface area contributed by atoms with Crippen LogP contribution in [0.5, 0.6) is 5.75 Å². The second kappa shape index (κ2) is 7.53. The molecule has 0 bridgehead atoms. The summed E-state index contributed by atoms with van der Waals surface area (Å²) in [4.78, 5) is 40.1. The lowest BCUT2D eigenvalue weighted by Crippen LogP contribution is -2.39. The third kappa shape index (κ3) is 3.49. The summed E-state index contributed by atoms with van der Waals surface area (Å²) in [6.07, 6.45) is 1.29. The third-order valence-corrected chi connectivity index (χ3v) is 6.31. The Balaban J connectivity index is 1.58. The number of fused-ring (bicyclic) bond motifs is 2. The molecule has 7 nitrogen and oxygen atoms in total. The number of nitrogens with zero attached hydrogens (tertiary/aromatic N) is 1. The van der Waals surface area contributed by atoms with Crippen molar-refractivity contribution in [1.29, 1.82) is 0 Å². The molecule has 2 aliphatic rings. The average molecular weight is 413 g/mol. The number of ketones is 2. The van der Waals surface area contributed by atoms with Gasteiger partial charge in [0.25, 0.3) is 5.91 Å². The highest BCUT2D eigenvalue weighted by molar-refractivity contribution is 7.79. The lowest BCUT2D eigenvalue weighted by atomic mass is 9.82. The molecule has 1 fully saturated rings. The highest BCUT2D eigenvalue weighted by Crippen LogP contribution is 2.33. The number of benzene rings is 2. The fourth-order valence-electron chi connectivity index (χ4n) is 4.00. The molecule has 0 spiro atoms. The zero-order valence-electron chi connectivity index (χ0n) is 15.5. The van der Waals surface area contributed by atoms with Crippen molar-refractivity contribution in [1.82, 2.24) is 4.90 Å². The number of amides is 1. The summed E-state index contributed by atoms with van der Waals surface area (Å²) in [7, 11) is 0. The summed E-state index contributed by atoms with van der Waals surface area (Å²) in [5.74, 6) is -0.994. The van der Waals surface area contributed by atoms with Gasteiger partial charge in [-0.2, -0.15) is 0 Å². The molecule has 1 saturated heterocycles. The summed E-state index contributed by atoms with van der Waals surface area (Å²) >= 11 is -1.84. The van der Waals surface area contributed by atoms with Crippen LogP contribution in [0, 0.1) is 5.92 Å². The minimum Gasteiger partial charge on any atom is -0.507 e. The van der Waals surface area contributed by atoms with Crippen LogP contribution in [0.1, 0.15) is 55.0 Å². The van der Waals surface area contributed by atoms with Crippen molar-refractivity contribution in [2.45, 2.75) is 12.8 Å². The summed E-state index contributed by atoms with van der Waals surface area (Å²) < 4.78 is 20.0. The first kappa shape index (κ1) is 19.5. The first-order chi connectivity index (χ1) is 13.9. The maximum absolute atomic E-state index is 12.9. The SMILES string of the molecule is O=C1c2cc(C(=O)N3CCC(CS(=O)O)CC3)ccc2C(=O)c2c(O)cccc21. The van der Waals surface area contributed by atoms with Crippen molar-refractivity contribution in [3.05, 3.63) is 64.2 Å². The van der Waals surface area contributed by atoms with Gasteiger partial charge in [0.15, 0.2) is 22.6 Å². The van der Waals surface area contributed by atoms with Crippen LogP contribution in [0.3, 0.4) is 0 Å². The van der Waals surface area contributed by atoms with Crippen LogP contribution in [-0.4, -0.2) is 55.1 Å². The van der Waals surface area contributed by atoms with E-state index in [1.807, 2.05) is 0 Å². The number of aromatic hydroxyl groups is 1. The van der Waals surface area contributed by atoms with Crippen molar-refractivity contribution in [3.8, 4) is 5.75 Å². The topological polar surface area (TPSA) is 112 Å². The molecule has 0 radical (unpaired) electrons. The van der Waals surface area contributed by atoms with Crippen LogP contribution >= 0.6 is 0 Å². The monoisotopic (exact) mass is 413 g/mol. The van der Waals surface area contributed by atoms with Crippen molar-refractivity contribution < 1.29 is 28.3 Å². The molecule has 1 unspecified atom stereocenters. The van der Waals surface area contributed by atoms with E-state index >= 15 is 0 Å². The predicted octanol–water partition coefficient (Wildman–Crippen LogP) is 2.24. The summed E-state index contributed by atoms with van der Waals surface area (Å²) in [5, 5.41) is 9.99. The largest absolute Gasteiger partial charge is 0.507 e. The van der Waals surface area contributed by atoms with E-state index in [1.54, 1.807) is 4.90 Å². The van der Waals surface area contributed by atoms with Gasteiger partial charge < -0.3 is 14.6 Å². The number of phenolic OH excluding ortho intramolecular Hbond substituents is 1. The van der Waals surface area contributed by atoms with Gasteiger partial charge in [-0.15, -0.1) is 0 Å². The lowest BCUT2D eigenvalue weighted by molar-refractivity contribution is 0.0698. The minimum absolute atomic E-state index is 0.00702. The van der Waals surface area contributed by atoms with E-state index in [-0.39, 0.29) is 45.6 Å². The van der Waals surface area contributed by atoms with E-state index in [9.17, 15) is 23.7 Å². The van der Waals surface area contributed by atoms with Crippen LogP contribution < -0.4 is 0 Å². The highest BCUT2D eigenvalue weighted by atomic mass is 32.2. The van der Waals surface area contributed by atoms with Crippen molar-refractivity contribution >= 4 is 28.6 Å². The van der Waals surface area contributed by atoms with E-state index in [1.165, 1.54) is 36.4 Å². The average Bonchev–Trinajstić information content (AvgIpc) is 2.71. The molecule has 4 rings (SSSR count). The molecule has 1 atom stereocenters. The standard InChI is InChI=1S/C21H19NO6S/c23-17-3-1-2-15-18(17)20(25)14-5-4-13(10-16(14)19(15)24)21(26)22-8-6-12(7-9-22)11-29(27)28/h1-5,10,12,23H,6-9,11H2,(H,27,28). The molecule has 150 valence electrons. The Hall–Kier alpha value is -2.84. The number of rotatable bonds is 3. The van der Waals surface area contributed by atoms with Crippen LogP contribution in [0.2, 0.25) is 0 Å². The predicted molar refractivity (Wildman–Crippen MR) is 106 cm³/mol. The van der Waals surface area contributed by atoms with E-state index in [4.69, 9.17) is 4.55 Å². The molecule has 0 saturated carbocycles. The molecule has 1 heterocycles. The number of hydrogen-bond acceptors (Lipinski definition) is 5. The Morgan fingerprint density at radius 1 is 1.03 bits per heavy atom. The zero-order valence-corrected chi connectivity index (χ0v) is 16.3. The number of piperidine rings is 1. The first-order valence-electron chi connectivity index (χ1n) is 9.29. The quantitative estimate of drug-likeness (QED) is 0.637. The molecule has 2 aromatic rings. The number of likely N-dealkylation sites (tertiary alicyclic amines) is 1. The van der Waals surface area contributed by atoms with Crippen LogP contribution in [0.25, 0.3) is 0 Å². The zero-order chi connectivity index (χ0) is 20.7. The van der Waals surface area contributed by atoms with Gasteiger partial charge in [-0.3, -0.25) is 14.4 Å². The smallest absolute Gasteiger partial charge is 0.253 e. The fraction of sp³-hybridized carbons (Fsp3) is 0.286. The van der Waals surface area contributed by atoms with Crippen LogP contribution in [0.15, 0.2) is 36.4 Å². The van der Waals surface area contributed by atoms with Gasteiger partial charge in [0.1, 0.15) is 5.75 Å². The van der Waals surface area contributed by atoms with E-state index in [0.717, 1.165) is 0 Å². The second-order valence-corrected chi connectivity index (χ2v) is 8.32. The Morgan fingerprint density at radius 3 is 2.45 bits per heavy atom. The Morgan fingerprint density at radius 2 is 1.76 bits per heavy atom. The normalized spacial score (nSPS) is 17.6. The molecule has 8 heteroatoms. The fourth-order valence-corrected chi connectivity index (χ4v) is 4.73. The third-order valence-electron chi connectivity index (χ3n) is 5.55. The van der Waals surface area contributed by atoms with Gasteiger partial charge in [0.2, 0.25) is 0 Å². The van der Waals surface area contributed by atoms with E-state index in [2.05, 4.69) is 0 Å². The lowest BCUT2D eigenvalue weighted by Gasteiger charge is -2.31. The maximum Gasteiger partial charge on any atom is 0.253 e. The molecule has 1 aliphatic carbocycles. The van der Waals surface area contributed by atoms with Gasteiger partial charge in [-0.1, -0.05) is 12.1 Å². The van der Waals surface area contributed by atoms with Crippen molar-refractivity contribution in [3.63, 3.8) is 0 Å². The molecular formula is C21H19NO6S. The second-order valence-electron chi connectivity index (χ2n) is 7.34. The van der Waals surface area contributed by atoms with E-state index in [0.29, 0.717) is 31.5 Å². The number of carbonyl (C=O) groups excluding carboxylic acids is 3. The van der Waals surface area contributed by atoms with Crippen LogP contribution in [0.4, 0.5) is 0 Å². The molecule has 29 heavy (non-hydrogen) atoms. The molecule has 2 aromatic carbocycles. The summed E-state index contributed by atoms with van der Waals surface area (Å²) in [5.41, 5.74) is 0.768. The van der Waals surface area contributed by atoms with Gasteiger partial charge in [0, 0.05) is 35.3 Å². The van der Waals surface area contributed by atoms with Gasteiger partial charge in [-0.25, -0.2) is 4.21 Å². The molecule has 1 amide bonds. The molecule has 1 aliphatic heterocycles. The van der Waals surface area contributed by atoms with Gasteiger partial charge in [0.05, 0.1) is 11.3 Å². The molecular weight excluding hydrogens is 394 g/mol. The number of phenols is 1. The first-order valence-corrected chi connectivity index (χ1v) is 10.6. The number of carbonyl (C=O) groups is 3. The van der Waals surface area contributed by atoms with Crippen molar-refractivity contribution in [2.24, 2.45) is 5.92 Å². The Labute approximate surface area is 169 Å². The molecule has 2 N–H and O–H groups in total. The molecule has 0 aromatic heterocycles. The summed E-state index contributed by atoms with van der Waals surface area (Å²) in [6.45, 7) is 0.947. The minimum atomic E-state index is -1.84. The number of hydrogen-bond donors (Lipinski definition) is 2. The van der Waals surface area contributed by atoms with Crippen molar-refractivity contribution in [2.75, 3.05) is 18.8 Å². The van der Waals surface area contributed by atoms with Gasteiger partial charge in [-0.05, 0) is 43.0 Å². The van der Waals surface area contributed by atoms with Crippen LogP contribution in [-0.2, 0) is 11.1 Å². The highest BCUT2D eigenvalue weighted by Gasteiger charge is 2.33. The Kier molecular flexibility index (Phi) is 5.06. The summed E-state index contributed by atoms with van der Waals surface area (Å²) in [6, 6.07) is 8.78. The Bertz CT molecular complexity index is 1060. The van der Waals surface area contributed by atoms with E-state index < -0.39 is 22.6 Å².